The third-order valence-electron chi connectivity index (χ3n) is 0.881. The molecule has 1 nitrogen and oxygen atoms in total. The molecule has 0 N–H and O–H groups in total. The lowest BCUT2D eigenvalue weighted by Crippen LogP contribution is -2.11. The molecule has 0 unspecified atom stereocenters. The summed E-state index contributed by atoms with van der Waals surface area (Å²) in [6, 6.07) is 0. The Balaban J connectivity index is 3.76. The first-order chi connectivity index (χ1) is 4.52. The second-order valence-electron chi connectivity index (χ2n) is 2.82. The van der Waals surface area contributed by atoms with Crippen molar-refractivity contribution in [1.29, 1.82) is 0 Å². The van der Waals surface area contributed by atoms with E-state index in [1.165, 1.54) is 0 Å². The van der Waals surface area contributed by atoms with Gasteiger partial charge in [-0.15, -0.1) is 0 Å². The first-order valence-electron chi connectivity index (χ1n) is 3.24. The Bertz CT molecular complexity index is 143. The van der Waals surface area contributed by atoms with Crippen LogP contribution < -0.4 is 0 Å². The Kier molecular flexibility index (Phi) is 4.45. The van der Waals surface area contributed by atoms with Gasteiger partial charge in [0.15, 0.2) is 5.75 Å². The zero-order valence-corrected chi connectivity index (χ0v) is 7.92. The molecule has 0 aromatic carbocycles. The topological polar surface area (TPSA) is 17.1 Å². The van der Waals surface area contributed by atoms with Crippen LogP contribution in [0.5, 0.6) is 0 Å². The van der Waals surface area contributed by atoms with Gasteiger partial charge in [-0.25, -0.2) is 0 Å². The zero-order valence-electron chi connectivity index (χ0n) is 7.10. The molecule has 0 aliphatic rings. The fourth-order valence-electron chi connectivity index (χ4n) is 0.648. The Morgan fingerprint density at radius 2 is 1.90 bits per heavy atom. The Morgan fingerprint density at radius 1 is 1.40 bits per heavy atom. The van der Waals surface area contributed by atoms with Gasteiger partial charge in [-0.1, -0.05) is 5.57 Å². The largest absolute Gasteiger partial charge is 0.290 e. The van der Waals surface area contributed by atoms with Crippen LogP contribution in [0.4, 0.5) is 0 Å². The lowest BCUT2D eigenvalue weighted by Gasteiger charge is -1.91. The van der Waals surface area contributed by atoms with Gasteiger partial charge in [0, 0.05) is 0 Å². The van der Waals surface area contributed by atoms with Gasteiger partial charge in [-0.3, -0.25) is 4.79 Å². The van der Waals surface area contributed by atoms with E-state index in [9.17, 15) is 4.79 Å². The van der Waals surface area contributed by atoms with Crippen molar-refractivity contribution in [2.75, 3.05) is 18.3 Å². The molecular formula is C8H15OS+. The summed E-state index contributed by atoms with van der Waals surface area (Å²) in [5.41, 5.74) is 1.09. The number of hydrogen-bond acceptors (Lipinski definition) is 1. The fraction of sp³-hybridized carbons (Fsp3) is 0.625. The van der Waals surface area contributed by atoms with Crippen LogP contribution in [-0.2, 0) is 15.7 Å². The van der Waals surface area contributed by atoms with Gasteiger partial charge >= 0.3 is 0 Å². The molecule has 0 saturated heterocycles. The number of hydrogen-bond donors (Lipinski definition) is 0. The van der Waals surface area contributed by atoms with Crippen molar-refractivity contribution in [3.63, 3.8) is 0 Å². The van der Waals surface area contributed by atoms with Crippen molar-refractivity contribution < 1.29 is 4.79 Å². The summed E-state index contributed by atoms with van der Waals surface area (Å²) in [6.07, 6.45) is 5.88. The molecule has 0 heterocycles. The smallest absolute Gasteiger partial charge is 0.204 e. The van der Waals surface area contributed by atoms with Crippen molar-refractivity contribution >= 4 is 16.7 Å². The second kappa shape index (κ2) is 4.56. The van der Waals surface area contributed by atoms with Crippen LogP contribution in [0, 0.1) is 0 Å². The third kappa shape index (κ3) is 5.89. The van der Waals surface area contributed by atoms with Gasteiger partial charge in [0.05, 0.1) is 12.5 Å². The molecule has 0 aliphatic heterocycles. The molecule has 0 spiro atoms. The fourth-order valence-corrected chi connectivity index (χ4v) is 1.30. The normalized spacial score (nSPS) is 9.70. The molecule has 2 heteroatoms. The van der Waals surface area contributed by atoms with Gasteiger partial charge in [0.2, 0.25) is 5.78 Å². The number of carbonyl (C=O) groups is 1. The predicted molar refractivity (Wildman–Crippen MR) is 48.5 cm³/mol. The van der Waals surface area contributed by atoms with Gasteiger partial charge in [0.25, 0.3) is 0 Å². The molecule has 0 aromatic heterocycles. The van der Waals surface area contributed by atoms with Gasteiger partial charge < -0.3 is 0 Å². The molecule has 58 valence electrons. The SMILES string of the molecule is CC(C)=CC(=O)C[S+](C)C. The van der Waals surface area contributed by atoms with Crippen LogP contribution in [0.15, 0.2) is 11.6 Å². The number of carbonyl (C=O) groups excluding carboxylic acids is 1. The monoisotopic (exact) mass is 159 g/mol. The van der Waals surface area contributed by atoms with E-state index in [2.05, 4.69) is 12.5 Å². The highest BCUT2D eigenvalue weighted by molar-refractivity contribution is 7.96. The maximum Gasteiger partial charge on any atom is 0.204 e. The summed E-state index contributed by atoms with van der Waals surface area (Å²) in [5, 5.41) is 0. The van der Waals surface area contributed by atoms with E-state index in [1.807, 2.05) is 13.8 Å². The summed E-state index contributed by atoms with van der Waals surface area (Å²) in [5.74, 6) is 0.957. The summed E-state index contributed by atoms with van der Waals surface area (Å²) in [7, 11) is 0.244. The maximum absolute atomic E-state index is 11.0. The minimum absolute atomic E-state index is 0.244. The molecule has 0 bridgehead atoms. The summed E-state index contributed by atoms with van der Waals surface area (Å²) >= 11 is 0. The van der Waals surface area contributed by atoms with Crippen LogP contribution in [0.1, 0.15) is 13.8 Å². The summed E-state index contributed by atoms with van der Waals surface area (Å²) < 4.78 is 0. The molecule has 0 aromatic rings. The highest BCUT2D eigenvalue weighted by atomic mass is 32.2. The molecule has 0 aliphatic carbocycles. The van der Waals surface area contributed by atoms with E-state index in [0.717, 1.165) is 5.57 Å². The van der Waals surface area contributed by atoms with E-state index in [1.54, 1.807) is 6.08 Å². The van der Waals surface area contributed by atoms with Crippen molar-refractivity contribution in [3.8, 4) is 0 Å². The third-order valence-corrected chi connectivity index (χ3v) is 1.74. The standard InChI is InChI=1S/C8H15OS/c1-7(2)5-8(9)6-10(3)4/h5H,6H2,1-4H3/q+1. The molecule has 0 rings (SSSR count). The van der Waals surface area contributed by atoms with Crippen LogP contribution in [0.25, 0.3) is 0 Å². The molecule has 0 saturated carbocycles. The van der Waals surface area contributed by atoms with Crippen LogP contribution in [0.3, 0.4) is 0 Å². The zero-order chi connectivity index (χ0) is 8.15. The molecule has 10 heavy (non-hydrogen) atoms. The van der Waals surface area contributed by atoms with E-state index in [-0.39, 0.29) is 16.7 Å². The lowest BCUT2D eigenvalue weighted by molar-refractivity contribution is -0.112. The highest BCUT2D eigenvalue weighted by Crippen LogP contribution is 1.92. The van der Waals surface area contributed by atoms with Crippen LogP contribution >= 0.6 is 0 Å². The highest BCUT2D eigenvalue weighted by Gasteiger charge is 2.07. The predicted octanol–water partition coefficient (Wildman–Crippen LogP) is 1.40. The second-order valence-corrected chi connectivity index (χ2v) is 5.08. The van der Waals surface area contributed by atoms with Crippen LogP contribution in [-0.4, -0.2) is 24.0 Å². The average molecular weight is 159 g/mol. The number of ketones is 1. The first-order valence-corrected chi connectivity index (χ1v) is 5.45. The Hall–Kier alpha value is -0.240. The number of allylic oxidation sites excluding steroid dienone is 2. The molecule has 0 atom stereocenters. The lowest BCUT2D eigenvalue weighted by atomic mass is 10.3. The van der Waals surface area contributed by atoms with Crippen molar-refractivity contribution in [2.45, 2.75) is 13.8 Å². The van der Waals surface area contributed by atoms with E-state index in [0.29, 0.717) is 5.75 Å². The first kappa shape index (κ1) is 9.76. The Morgan fingerprint density at radius 3 is 2.20 bits per heavy atom. The van der Waals surface area contributed by atoms with Gasteiger partial charge in [-0.05, 0) is 30.8 Å². The van der Waals surface area contributed by atoms with Crippen molar-refractivity contribution in [2.24, 2.45) is 0 Å². The number of rotatable bonds is 3. The molecule has 0 radical (unpaired) electrons. The van der Waals surface area contributed by atoms with Gasteiger partial charge in [-0.2, -0.15) is 0 Å². The van der Waals surface area contributed by atoms with Crippen molar-refractivity contribution in [1.82, 2.24) is 0 Å². The summed E-state index contributed by atoms with van der Waals surface area (Å²) in [6.45, 7) is 3.89. The molecule has 0 amide bonds. The maximum atomic E-state index is 11.0. The minimum Gasteiger partial charge on any atom is -0.290 e. The molecule has 0 fully saturated rings. The quantitative estimate of drug-likeness (QED) is 0.449. The van der Waals surface area contributed by atoms with Crippen molar-refractivity contribution in [3.05, 3.63) is 11.6 Å². The van der Waals surface area contributed by atoms with E-state index in [4.69, 9.17) is 0 Å². The Labute approximate surface area is 65.9 Å². The van der Waals surface area contributed by atoms with E-state index < -0.39 is 0 Å². The summed E-state index contributed by atoms with van der Waals surface area (Å²) in [4.78, 5) is 11.0. The molecular weight excluding hydrogens is 144 g/mol. The van der Waals surface area contributed by atoms with E-state index >= 15 is 0 Å². The van der Waals surface area contributed by atoms with Crippen LogP contribution in [0.2, 0.25) is 0 Å². The minimum atomic E-state index is 0.244. The van der Waals surface area contributed by atoms with Gasteiger partial charge in [0.1, 0.15) is 0 Å². The average Bonchev–Trinajstić information content (AvgIpc) is 1.58.